The van der Waals surface area contributed by atoms with Crippen molar-refractivity contribution in [2.75, 3.05) is 23.9 Å². The van der Waals surface area contributed by atoms with Crippen LogP contribution in [0.15, 0.2) is 36.7 Å². The van der Waals surface area contributed by atoms with Gasteiger partial charge in [-0.2, -0.15) is 9.37 Å². The summed E-state index contributed by atoms with van der Waals surface area (Å²) in [5.41, 5.74) is 1.24. The SMILES string of the molecule is COc1cc(F)c([N+](=O)[O-])cc1Nc1ncc(C(=O)OC(C)C)c(N2CC3(CC3)c3ncccc32)n1. The highest BCUT2D eigenvalue weighted by atomic mass is 19.1. The number of aromatic nitrogens is 3. The Labute approximate surface area is 205 Å². The summed E-state index contributed by atoms with van der Waals surface area (Å²) in [4.78, 5) is 38.7. The van der Waals surface area contributed by atoms with Crippen molar-refractivity contribution in [1.29, 1.82) is 0 Å². The second-order valence-corrected chi connectivity index (χ2v) is 9.01. The van der Waals surface area contributed by atoms with Gasteiger partial charge < -0.3 is 19.7 Å². The maximum Gasteiger partial charge on any atom is 0.343 e. The van der Waals surface area contributed by atoms with E-state index in [1.165, 1.54) is 13.3 Å². The molecule has 5 rings (SSSR count). The fourth-order valence-corrected chi connectivity index (χ4v) is 4.35. The van der Waals surface area contributed by atoms with Gasteiger partial charge in [0.2, 0.25) is 11.8 Å². The Balaban J connectivity index is 1.59. The molecule has 0 amide bonds. The second-order valence-electron chi connectivity index (χ2n) is 9.01. The van der Waals surface area contributed by atoms with Gasteiger partial charge in [0.1, 0.15) is 11.3 Å². The van der Waals surface area contributed by atoms with Crippen LogP contribution >= 0.6 is 0 Å². The van der Waals surface area contributed by atoms with E-state index in [0.717, 1.165) is 36.4 Å². The van der Waals surface area contributed by atoms with Gasteiger partial charge in [0, 0.05) is 36.5 Å². The minimum Gasteiger partial charge on any atom is -0.494 e. The van der Waals surface area contributed by atoms with Gasteiger partial charge >= 0.3 is 11.7 Å². The molecule has 0 radical (unpaired) electrons. The molecular weight excluding hydrogens is 471 g/mol. The molecule has 186 valence electrons. The van der Waals surface area contributed by atoms with Crippen molar-refractivity contribution in [3.63, 3.8) is 0 Å². The number of benzene rings is 1. The largest absolute Gasteiger partial charge is 0.494 e. The number of hydrogen-bond donors (Lipinski definition) is 1. The molecule has 1 aliphatic carbocycles. The number of esters is 1. The normalized spacial score (nSPS) is 15.1. The summed E-state index contributed by atoms with van der Waals surface area (Å²) in [6, 6.07) is 5.66. The van der Waals surface area contributed by atoms with E-state index >= 15 is 0 Å². The van der Waals surface area contributed by atoms with E-state index in [1.807, 2.05) is 17.0 Å². The lowest BCUT2D eigenvalue weighted by molar-refractivity contribution is -0.387. The van der Waals surface area contributed by atoms with Crippen molar-refractivity contribution in [3.8, 4) is 5.75 Å². The highest BCUT2D eigenvalue weighted by Gasteiger charge is 2.54. The number of rotatable bonds is 7. The number of halogens is 1. The third kappa shape index (κ3) is 4.04. The van der Waals surface area contributed by atoms with Gasteiger partial charge in [-0.1, -0.05) is 0 Å². The molecule has 1 spiro atoms. The fourth-order valence-electron chi connectivity index (χ4n) is 4.35. The lowest BCUT2D eigenvalue weighted by Crippen LogP contribution is -2.24. The van der Waals surface area contributed by atoms with E-state index in [4.69, 9.17) is 9.47 Å². The van der Waals surface area contributed by atoms with E-state index in [0.29, 0.717) is 12.4 Å². The number of nitrogens with one attached hydrogen (secondary N) is 1. The summed E-state index contributed by atoms with van der Waals surface area (Å²) in [5.74, 6) is -1.24. The van der Waals surface area contributed by atoms with Crippen LogP contribution < -0.4 is 15.0 Å². The Hall–Kier alpha value is -4.35. The van der Waals surface area contributed by atoms with E-state index < -0.39 is 22.4 Å². The zero-order chi connectivity index (χ0) is 25.6. The lowest BCUT2D eigenvalue weighted by atomic mass is 10.1. The first kappa shape index (κ1) is 23.4. The van der Waals surface area contributed by atoms with Crippen LogP contribution in [0.5, 0.6) is 5.75 Å². The minimum atomic E-state index is -1.04. The van der Waals surface area contributed by atoms with Gasteiger partial charge in [-0.3, -0.25) is 15.1 Å². The molecule has 1 aliphatic heterocycles. The van der Waals surface area contributed by atoms with Crippen molar-refractivity contribution in [2.45, 2.75) is 38.2 Å². The summed E-state index contributed by atoms with van der Waals surface area (Å²) in [5, 5.41) is 14.1. The molecule has 0 atom stereocenters. The third-order valence-electron chi connectivity index (χ3n) is 6.19. The Bertz CT molecular complexity index is 1380. The number of methoxy groups -OCH3 is 1. The average molecular weight is 494 g/mol. The van der Waals surface area contributed by atoms with Crippen molar-refractivity contribution in [1.82, 2.24) is 15.0 Å². The zero-order valence-corrected chi connectivity index (χ0v) is 19.8. The molecule has 1 aromatic carbocycles. The zero-order valence-electron chi connectivity index (χ0n) is 19.8. The van der Waals surface area contributed by atoms with Crippen molar-refractivity contribution < 1.29 is 23.6 Å². The molecule has 3 heterocycles. The first-order valence-electron chi connectivity index (χ1n) is 11.3. The average Bonchev–Trinajstić information content (AvgIpc) is 3.55. The number of hydrogen-bond acceptors (Lipinski definition) is 10. The van der Waals surface area contributed by atoms with Crippen molar-refractivity contribution in [3.05, 3.63) is 63.8 Å². The minimum absolute atomic E-state index is 0.0270. The van der Waals surface area contributed by atoms with Crippen LogP contribution in [-0.2, 0) is 10.2 Å². The van der Waals surface area contributed by atoms with Crippen LogP contribution in [0, 0.1) is 15.9 Å². The van der Waals surface area contributed by atoms with E-state index in [9.17, 15) is 19.3 Å². The number of nitro benzene ring substituents is 1. The van der Waals surface area contributed by atoms with Gasteiger partial charge in [0.15, 0.2) is 5.82 Å². The molecule has 1 fully saturated rings. The topological polar surface area (TPSA) is 133 Å². The summed E-state index contributed by atoms with van der Waals surface area (Å²) in [6.07, 6.45) is 4.69. The maximum atomic E-state index is 14.1. The summed E-state index contributed by atoms with van der Waals surface area (Å²) < 4.78 is 24.7. The van der Waals surface area contributed by atoms with E-state index in [1.54, 1.807) is 20.0 Å². The summed E-state index contributed by atoms with van der Waals surface area (Å²) in [7, 11) is 1.31. The van der Waals surface area contributed by atoms with Gasteiger partial charge in [-0.05, 0) is 38.8 Å². The monoisotopic (exact) mass is 494 g/mol. The van der Waals surface area contributed by atoms with Crippen LogP contribution in [0.1, 0.15) is 42.7 Å². The summed E-state index contributed by atoms with van der Waals surface area (Å²) in [6.45, 7) is 4.08. The number of fused-ring (bicyclic) bond motifs is 2. The quantitative estimate of drug-likeness (QED) is 0.286. The number of ether oxygens (including phenoxy) is 2. The van der Waals surface area contributed by atoms with E-state index in [2.05, 4.69) is 20.3 Å². The maximum absolute atomic E-state index is 14.1. The Kier molecular flexibility index (Phi) is 5.65. The van der Waals surface area contributed by atoms with E-state index in [-0.39, 0.29) is 34.5 Å². The molecule has 0 unspecified atom stereocenters. The van der Waals surface area contributed by atoms with Crippen molar-refractivity contribution >= 4 is 34.8 Å². The number of nitro groups is 1. The highest BCUT2D eigenvalue weighted by Crippen LogP contribution is 2.57. The number of pyridine rings is 1. The van der Waals surface area contributed by atoms with Crippen LogP contribution in [-0.4, -0.2) is 45.6 Å². The molecule has 2 aromatic heterocycles. The molecule has 2 aliphatic rings. The fraction of sp³-hybridized carbons (Fsp3) is 0.333. The smallest absolute Gasteiger partial charge is 0.343 e. The third-order valence-corrected chi connectivity index (χ3v) is 6.19. The summed E-state index contributed by atoms with van der Waals surface area (Å²) >= 11 is 0. The van der Waals surface area contributed by atoms with Crippen LogP contribution in [0.3, 0.4) is 0 Å². The first-order chi connectivity index (χ1) is 17.2. The van der Waals surface area contributed by atoms with Gasteiger partial charge in [-0.25, -0.2) is 9.78 Å². The second kappa shape index (κ2) is 8.70. The van der Waals surface area contributed by atoms with Gasteiger partial charge in [0.05, 0.1) is 35.2 Å². The molecular formula is C24H23FN6O5. The lowest BCUT2D eigenvalue weighted by Gasteiger charge is -2.22. The molecule has 3 aromatic rings. The predicted molar refractivity (Wildman–Crippen MR) is 128 cm³/mol. The highest BCUT2D eigenvalue weighted by molar-refractivity contribution is 5.96. The molecule has 0 bridgehead atoms. The van der Waals surface area contributed by atoms with Gasteiger partial charge in [-0.15, -0.1) is 0 Å². The molecule has 12 heteroatoms. The number of nitrogens with zero attached hydrogens (tertiary/aromatic N) is 5. The Morgan fingerprint density at radius 3 is 2.75 bits per heavy atom. The molecule has 1 saturated carbocycles. The van der Waals surface area contributed by atoms with Crippen molar-refractivity contribution in [2.24, 2.45) is 0 Å². The number of anilines is 4. The Morgan fingerprint density at radius 1 is 1.31 bits per heavy atom. The molecule has 1 N–H and O–H groups in total. The molecule has 36 heavy (non-hydrogen) atoms. The van der Waals surface area contributed by atoms with Gasteiger partial charge in [0.25, 0.3) is 0 Å². The molecule has 11 nitrogen and oxygen atoms in total. The first-order valence-corrected chi connectivity index (χ1v) is 11.3. The Morgan fingerprint density at radius 2 is 2.08 bits per heavy atom. The van der Waals surface area contributed by atoms with Crippen LogP contribution in [0.4, 0.5) is 33.2 Å². The number of carbonyl (C=O) groups excluding carboxylic acids is 1. The van der Waals surface area contributed by atoms with Crippen LogP contribution in [0.25, 0.3) is 0 Å². The van der Waals surface area contributed by atoms with Crippen LogP contribution in [0.2, 0.25) is 0 Å². The standard InChI is InChI=1S/C24H23FN6O5/c1-13(2)36-22(32)14-11-27-23(28-16-10-18(31(33)34)15(25)9-19(16)35-3)29-21(14)30-12-24(6-7-24)20-17(30)5-4-8-26-20/h4-5,8-11,13H,6-7,12H2,1-3H3,(H,27,28,29). The number of carbonyl (C=O) groups is 1. The predicted octanol–water partition coefficient (Wildman–Crippen LogP) is 4.42. The molecule has 0 saturated heterocycles.